The number of rotatable bonds is 4. The minimum atomic E-state index is -0.130. The molecule has 1 aliphatic rings. The summed E-state index contributed by atoms with van der Waals surface area (Å²) in [5.41, 5.74) is 6.53. The van der Waals surface area contributed by atoms with Gasteiger partial charge >= 0.3 is 0 Å². The van der Waals surface area contributed by atoms with Gasteiger partial charge in [0.05, 0.1) is 0 Å². The van der Waals surface area contributed by atoms with Crippen LogP contribution in [0.3, 0.4) is 0 Å². The van der Waals surface area contributed by atoms with E-state index < -0.39 is 0 Å². The van der Waals surface area contributed by atoms with Gasteiger partial charge in [-0.2, -0.15) is 0 Å². The van der Waals surface area contributed by atoms with E-state index >= 15 is 0 Å². The van der Waals surface area contributed by atoms with Crippen molar-refractivity contribution in [3.05, 3.63) is 29.6 Å². The minimum Gasteiger partial charge on any atom is -0.330 e. The molecular weight excluding hydrogens is 233 g/mol. The molecule has 0 heterocycles. The monoisotopic (exact) mass is 253 g/mol. The van der Waals surface area contributed by atoms with Gasteiger partial charge in [0.2, 0.25) is 0 Å². The SMILES string of the molecule is NCCc1cc(F)cc(SC2CCCCC2)c1. The van der Waals surface area contributed by atoms with Crippen LogP contribution in [0.2, 0.25) is 0 Å². The fourth-order valence-corrected chi connectivity index (χ4v) is 3.73. The van der Waals surface area contributed by atoms with Crippen molar-refractivity contribution in [1.82, 2.24) is 0 Å². The van der Waals surface area contributed by atoms with Gasteiger partial charge in [0.15, 0.2) is 0 Å². The van der Waals surface area contributed by atoms with Gasteiger partial charge in [-0.3, -0.25) is 0 Å². The summed E-state index contributed by atoms with van der Waals surface area (Å²) in [6.45, 7) is 0.580. The van der Waals surface area contributed by atoms with Crippen LogP contribution in [0.4, 0.5) is 4.39 Å². The van der Waals surface area contributed by atoms with Crippen molar-refractivity contribution in [1.29, 1.82) is 0 Å². The number of halogens is 1. The van der Waals surface area contributed by atoms with Crippen LogP contribution < -0.4 is 5.73 Å². The van der Waals surface area contributed by atoms with E-state index in [1.807, 2.05) is 11.8 Å². The Morgan fingerprint density at radius 2 is 1.94 bits per heavy atom. The fraction of sp³-hybridized carbons (Fsp3) is 0.571. The molecule has 1 aromatic carbocycles. The van der Waals surface area contributed by atoms with E-state index in [-0.39, 0.29) is 5.82 Å². The molecule has 0 saturated heterocycles. The molecule has 2 rings (SSSR count). The maximum absolute atomic E-state index is 13.5. The second-order valence-electron chi connectivity index (χ2n) is 4.71. The first-order valence-electron chi connectivity index (χ1n) is 6.44. The van der Waals surface area contributed by atoms with Gasteiger partial charge in [-0.25, -0.2) is 4.39 Å². The first-order chi connectivity index (χ1) is 8.28. The number of hydrogen-bond donors (Lipinski definition) is 1. The van der Waals surface area contributed by atoms with Crippen molar-refractivity contribution in [2.45, 2.75) is 48.7 Å². The first kappa shape index (κ1) is 12.9. The molecule has 0 aliphatic heterocycles. The maximum atomic E-state index is 13.5. The van der Waals surface area contributed by atoms with E-state index in [1.54, 1.807) is 12.1 Å². The van der Waals surface area contributed by atoms with E-state index in [4.69, 9.17) is 5.73 Å². The van der Waals surface area contributed by atoms with Crippen molar-refractivity contribution in [2.24, 2.45) is 5.73 Å². The van der Waals surface area contributed by atoms with E-state index in [0.717, 1.165) is 16.9 Å². The zero-order valence-electron chi connectivity index (χ0n) is 10.1. The van der Waals surface area contributed by atoms with Gasteiger partial charge in [0.25, 0.3) is 0 Å². The molecule has 1 saturated carbocycles. The molecule has 0 spiro atoms. The lowest BCUT2D eigenvalue weighted by Crippen LogP contribution is -2.08. The van der Waals surface area contributed by atoms with Crippen molar-refractivity contribution in [3.63, 3.8) is 0 Å². The predicted octanol–water partition coefficient (Wildman–Crippen LogP) is 3.75. The lowest BCUT2D eigenvalue weighted by Gasteiger charge is -2.21. The van der Waals surface area contributed by atoms with Crippen LogP contribution in [-0.2, 0) is 6.42 Å². The summed E-state index contributed by atoms with van der Waals surface area (Å²) in [6.07, 6.45) is 7.31. The Morgan fingerprint density at radius 1 is 1.18 bits per heavy atom. The van der Waals surface area contributed by atoms with Gasteiger partial charge in [-0.15, -0.1) is 11.8 Å². The van der Waals surface area contributed by atoms with Crippen LogP contribution in [0.1, 0.15) is 37.7 Å². The molecule has 0 unspecified atom stereocenters. The van der Waals surface area contributed by atoms with Crippen LogP contribution in [0.5, 0.6) is 0 Å². The molecule has 1 aromatic rings. The third-order valence-corrected chi connectivity index (χ3v) is 4.53. The average molecular weight is 253 g/mol. The molecule has 0 atom stereocenters. The quantitative estimate of drug-likeness (QED) is 0.884. The molecular formula is C14H20FNS. The first-order valence-corrected chi connectivity index (χ1v) is 7.32. The third-order valence-electron chi connectivity index (χ3n) is 3.22. The summed E-state index contributed by atoms with van der Waals surface area (Å²) >= 11 is 1.84. The van der Waals surface area contributed by atoms with E-state index in [1.165, 1.54) is 32.1 Å². The second kappa shape index (κ2) is 6.41. The van der Waals surface area contributed by atoms with E-state index in [2.05, 4.69) is 6.07 Å². The Balaban J connectivity index is 2.03. The molecule has 0 radical (unpaired) electrons. The highest BCUT2D eigenvalue weighted by Gasteiger charge is 2.15. The normalized spacial score (nSPS) is 17.3. The summed E-state index contributed by atoms with van der Waals surface area (Å²) in [6, 6.07) is 5.34. The summed E-state index contributed by atoms with van der Waals surface area (Å²) in [5, 5.41) is 0.677. The van der Waals surface area contributed by atoms with Gasteiger partial charge in [-0.1, -0.05) is 19.3 Å². The van der Waals surface area contributed by atoms with Gasteiger partial charge in [-0.05, 0) is 49.6 Å². The highest BCUT2D eigenvalue weighted by Crippen LogP contribution is 2.34. The number of nitrogens with two attached hydrogens (primary N) is 1. The van der Waals surface area contributed by atoms with Gasteiger partial charge < -0.3 is 5.73 Å². The zero-order chi connectivity index (χ0) is 12.1. The summed E-state index contributed by atoms with van der Waals surface area (Å²) in [5.74, 6) is -0.130. The molecule has 0 bridgehead atoms. The summed E-state index contributed by atoms with van der Waals surface area (Å²) in [7, 11) is 0. The standard InChI is InChI=1S/C14H20FNS/c15-12-8-11(6-7-16)9-14(10-12)17-13-4-2-1-3-5-13/h8-10,13H,1-7,16H2. The Kier molecular flexibility index (Phi) is 4.86. The van der Waals surface area contributed by atoms with Crippen molar-refractivity contribution in [3.8, 4) is 0 Å². The van der Waals surface area contributed by atoms with Gasteiger partial charge in [0.1, 0.15) is 5.82 Å². The van der Waals surface area contributed by atoms with Crippen LogP contribution in [0.15, 0.2) is 23.1 Å². The Labute approximate surface area is 107 Å². The zero-order valence-corrected chi connectivity index (χ0v) is 10.9. The smallest absolute Gasteiger partial charge is 0.124 e. The molecule has 0 amide bonds. The number of benzene rings is 1. The predicted molar refractivity (Wildman–Crippen MR) is 71.9 cm³/mol. The van der Waals surface area contributed by atoms with Crippen molar-refractivity contribution in [2.75, 3.05) is 6.54 Å². The van der Waals surface area contributed by atoms with Crippen molar-refractivity contribution >= 4 is 11.8 Å². The molecule has 0 aromatic heterocycles. The van der Waals surface area contributed by atoms with Crippen LogP contribution in [-0.4, -0.2) is 11.8 Å². The van der Waals surface area contributed by atoms with Crippen LogP contribution >= 0.6 is 11.8 Å². The molecule has 94 valence electrons. The maximum Gasteiger partial charge on any atom is 0.124 e. The largest absolute Gasteiger partial charge is 0.330 e. The van der Waals surface area contributed by atoms with Gasteiger partial charge in [0, 0.05) is 10.1 Å². The topological polar surface area (TPSA) is 26.0 Å². The molecule has 1 fully saturated rings. The Hall–Kier alpha value is -0.540. The lowest BCUT2D eigenvalue weighted by atomic mass is 10.0. The molecule has 17 heavy (non-hydrogen) atoms. The molecule has 1 nitrogen and oxygen atoms in total. The molecule has 1 aliphatic carbocycles. The summed E-state index contributed by atoms with van der Waals surface area (Å²) < 4.78 is 13.5. The highest BCUT2D eigenvalue weighted by molar-refractivity contribution is 8.00. The molecule has 2 N–H and O–H groups in total. The highest BCUT2D eigenvalue weighted by atomic mass is 32.2. The third kappa shape index (κ3) is 4.00. The minimum absolute atomic E-state index is 0.130. The Bertz CT molecular complexity index is 361. The number of hydrogen-bond acceptors (Lipinski definition) is 2. The van der Waals surface area contributed by atoms with E-state index in [0.29, 0.717) is 11.8 Å². The molecule has 3 heteroatoms. The summed E-state index contributed by atoms with van der Waals surface area (Å²) in [4.78, 5) is 1.07. The van der Waals surface area contributed by atoms with Crippen LogP contribution in [0, 0.1) is 5.82 Å². The lowest BCUT2D eigenvalue weighted by molar-refractivity contribution is 0.516. The fourth-order valence-electron chi connectivity index (χ4n) is 2.38. The number of thioether (sulfide) groups is 1. The average Bonchev–Trinajstić information content (AvgIpc) is 2.30. The second-order valence-corrected chi connectivity index (χ2v) is 6.09. The van der Waals surface area contributed by atoms with E-state index in [9.17, 15) is 4.39 Å². The Morgan fingerprint density at radius 3 is 2.65 bits per heavy atom. The van der Waals surface area contributed by atoms with Crippen LogP contribution in [0.25, 0.3) is 0 Å². The van der Waals surface area contributed by atoms with Crippen molar-refractivity contribution < 1.29 is 4.39 Å².